The van der Waals surface area contributed by atoms with E-state index < -0.39 is 7.12 Å². The highest BCUT2D eigenvalue weighted by molar-refractivity contribution is 6.58. The molecule has 4 nitrogen and oxygen atoms in total. The zero-order chi connectivity index (χ0) is 32.0. The normalized spacial score (nSPS) is 12.4. The molecule has 0 aliphatic rings. The number of fused-ring (bicyclic) bond motifs is 3. The molecule has 0 saturated carbocycles. The number of benzene rings is 4. The minimum atomic E-state index is -2.16. The van der Waals surface area contributed by atoms with Gasteiger partial charge >= 0.3 is 0 Å². The molecule has 228 valence electrons. The maximum atomic E-state index is 12.4. The highest BCUT2D eigenvalue weighted by atomic mass is 35.5. The van der Waals surface area contributed by atoms with Crippen LogP contribution in [0.4, 0.5) is 0 Å². The second kappa shape index (κ2) is 15.1. The first-order chi connectivity index (χ1) is 19.4. The fourth-order valence-electron chi connectivity index (χ4n) is 4.90. The van der Waals surface area contributed by atoms with Gasteiger partial charge in [0, 0.05) is 16.0 Å². The number of nitrogens with zero attached hydrogens (tertiary/aromatic N) is 2. The van der Waals surface area contributed by atoms with Crippen LogP contribution in [0.25, 0.3) is 21.5 Å². The molecule has 0 saturated heterocycles. The van der Waals surface area contributed by atoms with E-state index in [-0.39, 0.29) is 11.4 Å². The minimum absolute atomic E-state index is 0.174. The third kappa shape index (κ3) is 9.97. The molecule has 0 aliphatic heterocycles. The molecule has 0 N–H and O–H groups in total. The van der Waals surface area contributed by atoms with Crippen LogP contribution in [0, 0.1) is 13.8 Å². The Balaban J connectivity index is 0.000000533. The van der Waals surface area contributed by atoms with Gasteiger partial charge in [-0.05, 0) is 70.1 Å². The van der Waals surface area contributed by atoms with Crippen LogP contribution in [-0.2, 0) is 0 Å². The van der Waals surface area contributed by atoms with Crippen molar-refractivity contribution < 1.29 is 19.0 Å². The molecule has 4 rings (SSSR count). The number of hydrogen-bond donors (Lipinski definition) is 0. The van der Waals surface area contributed by atoms with Crippen LogP contribution >= 0.6 is 23.2 Å². The summed E-state index contributed by atoms with van der Waals surface area (Å²) in [5.74, 6) is -0.174. The van der Waals surface area contributed by atoms with Crippen molar-refractivity contribution in [3.63, 3.8) is 0 Å². The van der Waals surface area contributed by atoms with E-state index in [1.807, 2.05) is 31.2 Å². The minimum Gasteiger partial charge on any atom is -0.889 e. The molecule has 0 aliphatic carbocycles. The zero-order valence-electron chi connectivity index (χ0n) is 27.4. The summed E-state index contributed by atoms with van der Waals surface area (Å²) in [5.41, 5.74) is 3.21. The van der Waals surface area contributed by atoms with E-state index in [4.69, 9.17) is 23.2 Å². The fraction of sp³-hybridized carbons (Fsp3) is 0.429. The molecule has 4 aromatic carbocycles. The Kier molecular flexibility index (Phi) is 12.9. The van der Waals surface area contributed by atoms with Crippen molar-refractivity contribution in [1.29, 1.82) is 0 Å². The lowest BCUT2D eigenvalue weighted by Crippen LogP contribution is -2.57. The lowest BCUT2D eigenvalue weighted by atomic mass is 9.68. The molecule has 1 atom stereocenters. The van der Waals surface area contributed by atoms with Gasteiger partial charge < -0.3 is 19.0 Å². The van der Waals surface area contributed by atoms with E-state index in [2.05, 4.69) is 93.6 Å². The Morgan fingerprint density at radius 1 is 0.714 bits per heavy atom. The third-order valence-electron chi connectivity index (χ3n) is 6.52. The van der Waals surface area contributed by atoms with Crippen molar-refractivity contribution in [2.45, 2.75) is 46.0 Å². The van der Waals surface area contributed by atoms with Crippen LogP contribution < -0.4 is 15.5 Å². The smallest absolute Gasteiger partial charge is 0.0675 e. The van der Waals surface area contributed by atoms with Crippen molar-refractivity contribution in [2.75, 3.05) is 56.4 Å². The first-order valence-corrected chi connectivity index (χ1v) is 15.4. The van der Waals surface area contributed by atoms with Gasteiger partial charge in [-0.3, -0.25) is 0 Å². The van der Waals surface area contributed by atoms with Gasteiger partial charge in [0.1, 0.15) is 0 Å². The molecular weight excluding hydrogens is 562 g/mol. The highest BCUT2D eigenvalue weighted by Crippen LogP contribution is 2.42. The molecule has 4 aromatic rings. The Morgan fingerprint density at radius 3 is 1.69 bits per heavy atom. The van der Waals surface area contributed by atoms with E-state index >= 15 is 0 Å². The second-order valence-corrected chi connectivity index (χ2v) is 14.6. The Labute approximate surface area is 264 Å². The van der Waals surface area contributed by atoms with Crippen LogP contribution in [0.2, 0.25) is 10.0 Å². The Bertz CT molecular complexity index is 1470. The maximum Gasteiger partial charge on any atom is 0.0675 e. The summed E-state index contributed by atoms with van der Waals surface area (Å²) in [6, 6.07) is 18.8. The van der Waals surface area contributed by atoms with Crippen molar-refractivity contribution in [3.8, 4) is 0 Å². The first kappa shape index (κ1) is 36.1. The number of halogens is 2. The van der Waals surface area contributed by atoms with Crippen LogP contribution in [0.15, 0.2) is 54.6 Å². The number of hydrogen-bond acceptors (Lipinski definition) is 2. The van der Waals surface area contributed by atoms with Gasteiger partial charge in [-0.2, -0.15) is 0 Å². The van der Waals surface area contributed by atoms with Crippen molar-refractivity contribution >= 4 is 57.3 Å². The highest BCUT2D eigenvalue weighted by Gasteiger charge is 2.26. The molecule has 42 heavy (non-hydrogen) atoms. The summed E-state index contributed by atoms with van der Waals surface area (Å²) in [5, 5.41) is 30.2. The quantitative estimate of drug-likeness (QED) is 0.146. The van der Waals surface area contributed by atoms with E-state index in [9.17, 15) is 10.0 Å². The van der Waals surface area contributed by atoms with Gasteiger partial charge in [-0.1, -0.05) is 98.6 Å². The standard InChI is InChI=1S/C27H25BCl2O2.2C4H12N/c1-4-5-11-22(24-25(28(31)32)16(2)26(29)17(3)27(24)30)23-15-18-10-6-7-12-19(18)20-13-8-9-14-21(20)23;2*1-5(2,3)4/h6-10,12-15,22H,4-5,11H2,1-3H3;2*1-4H3/q-2;2*+1. The fourth-order valence-corrected chi connectivity index (χ4v) is 5.47. The van der Waals surface area contributed by atoms with Gasteiger partial charge in [-0.25, -0.2) is 0 Å². The topological polar surface area (TPSA) is 46.1 Å². The third-order valence-corrected chi connectivity index (χ3v) is 7.58. The molecule has 0 radical (unpaired) electrons. The van der Waals surface area contributed by atoms with Crippen LogP contribution in [0.1, 0.15) is 54.4 Å². The summed E-state index contributed by atoms with van der Waals surface area (Å²) in [6.07, 6.45) is 2.74. The van der Waals surface area contributed by atoms with E-state index in [0.717, 1.165) is 55.5 Å². The molecular formula is C35H49BCl2N2O2. The van der Waals surface area contributed by atoms with E-state index in [0.29, 0.717) is 21.2 Å². The summed E-state index contributed by atoms with van der Waals surface area (Å²) in [4.78, 5) is 0. The SMILES string of the molecule is CCCCC(c1c(Cl)c(C)c(Cl)c(C)c1B([O-])[O-])c1cc2ccccc2c2ccccc12.C[N+](C)(C)C.C[N+](C)(C)C. The zero-order valence-corrected chi connectivity index (χ0v) is 29.0. The molecule has 0 aromatic heterocycles. The number of unbranched alkanes of at least 4 members (excludes halogenated alkanes) is 1. The van der Waals surface area contributed by atoms with Crippen LogP contribution in [-0.4, -0.2) is 72.5 Å². The lowest BCUT2D eigenvalue weighted by Gasteiger charge is -2.36. The Morgan fingerprint density at radius 2 is 1.19 bits per heavy atom. The van der Waals surface area contributed by atoms with Gasteiger partial charge in [0.15, 0.2) is 0 Å². The largest absolute Gasteiger partial charge is 0.889 e. The van der Waals surface area contributed by atoms with Crippen LogP contribution in [0.5, 0.6) is 0 Å². The molecule has 0 fully saturated rings. The lowest BCUT2D eigenvalue weighted by molar-refractivity contribution is -0.849. The van der Waals surface area contributed by atoms with Crippen molar-refractivity contribution in [3.05, 3.63) is 86.9 Å². The van der Waals surface area contributed by atoms with Crippen LogP contribution in [0.3, 0.4) is 0 Å². The molecule has 0 heterocycles. The van der Waals surface area contributed by atoms with Crippen molar-refractivity contribution in [2.24, 2.45) is 0 Å². The monoisotopic (exact) mass is 610 g/mol. The number of rotatable bonds is 6. The van der Waals surface area contributed by atoms with Crippen molar-refractivity contribution in [1.82, 2.24) is 0 Å². The van der Waals surface area contributed by atoms with Gasteiger partial charge in [0.25, 0.3) is 0 Å². The maximum absolute atomic E-state index is 12.4. The molecule has 0 amide bonds. The Hall–Kier alpha value is -2.12. The molecule has 0 spiro atoms. The molecule has 0 bridgehead atoms. The summed E-state index contributed by atoms with van der Waals surface area (Å²) < 4.78 is 2.00. The predicted octanol–water partition coefficient (Wildman–Crippen LogP) is 6.30. The van der Waals surface area contributed by atoms with E-state index in [1.54, 1.807) is 6.92 Å². The summed E-state index contributed by atoms with van der Waals surface area (Å²) in [6.45, 7) is 5.74. The van der Waals surface area contributed by atoms with E-state index in [1.165, 1.54) is 5.39 Å². The molecule has 7 heteroatoms. The summed E-state index contributed by atoms with van der Waals surface area (Å²) in [7, 11) is 14.8. The molecule has 1 unspecified atom stereocenters. The second-order valence-electron chi connectivity index (χ2n) is 13.8. The first-order valence-electron chi connectivity index (χ1n) is 14.6. The average molecular weight is 612 g/mol. The predicted molar refractivity (Wildman–Crippen MR) is 182 cm³/mol. The van der Waals surface area contributed by atoms with Gasteiger partial charge in [0.2, 0.25) is 0 Å². The van der Waals surface area contributed by atoms with Gasteiger partial charge in [-0.15, -0.1) is 5.46 Å². The average Bonchev–Trinajstić information content (AvgIpc) is 2.88. The number of quaternary nitrogens is 2. The summed E-state index contributed by atoms with van der Waals surface area (Å²) >= 11 is 13.3. The van der Waals surface area contributed by atoms with Gasteiger partial charge in [0.05, 0.1) is 56.4 Å².